The van der Waals surface area contributed by atoms with E-state index >= 15 is 0 Å². The highest BCUT2D eigenvalue weighted by Gasteiger charge is 2.12. The molecule has 0 bridgehead atoms. The Kier molecular flexibility index (Phi) is 3.51. The lowest BCUT2D eigenvalue weighted by Gasteiger charge is -2.05. The van der Waals surface area contributed by atoms with E-state index in [0.29, 0.717) is 0 Å². The molecule has 0 aliphatic carbocycles. The summed E-state index contributed by atoms with van der Waals surface area (Å²) in [4.78, 5) is 0.137. The van der Waals surface area contributed by atoms with Crippen LogP contribution in [0.3, 0.4) is 0 Å². The largest absolute Gasteiger partial charge is 0.296 e. The van der Waals surface area contributed by atoms with Crippen molar-refractivity contribution in [1.29, 1.82) is 0 Å². The predicted octanol–water partition coefficient (Wildman–Crippen LogP) is 1.76. The Morgan fingerprint density at radius 2 is 1.87 bits per heavy atom. The standard InChI is InChI=1S/C11H12O3S/c1-4-9(2)10-5-7-11(8-6-10)15(12,13)14-3/h1,5-9H,2-3H3. The quantitative estimate of drug-likeness (QED) is 0.580. The van der Waals surface area contributed by atoms with Gasteiger partial charge in [-0.25, -0.2) is 0 Å². The molecule has 0 amide bonds. The van der Waals surface area contributed by atoms with Crippen molar-refractivity contribution in [3.8, 4) is 12.3 Å². The topological polar surface area (TPSA) is 43.4 Å². The van der Waals surface area contributed by atoms with Gasteiger partial charge in [0.2, 0.25) is 0 Å². The van der Waals surface area contributed by atoms with Crippen molar-refractivity contribution in [1.82, 2.24) is 0 Å². The van der Waals surface area contributed by atoms with Gasteiger partial charge in [-0.1, -0.05) is 18.1 Å². The second-order valence-electron chi connectivity index (χ2n) is 3.08. The Hall–Kier alpha value is -1.31. The van der Waals surface area contributed by atoms with Crippen LogP contribution in [0.4, 0.5) is 0 Å². The third-order valence-electron chi connectivity index (χ3n) is 2.14. The van der Waals surface area contributed by atoms with Gasteiger partial charge in [-0.05, 0) is 24.6 Å². The van der Waals surface area contributed by atoms with Gasteiger partial charge < -0.3 is 0 Å². The summed E-state index contributed by atoms with van der Waals surface area (Å²) >= 11 is 0. The van der Waals surface area contributed by atoms with Crippen LogP contribution < -0.4 is 0 Å². The van der Waals surface area contributed by atoms with E-state index in [2.05, 4.69) is 10.1 Å². The SMILES string of the molecule is C#CC(C)c1ccc(S(=O)(=O)OC)cc1. The van der Waals surface area contributed by atoms with Crippen LogP contribution >= 0.6 is 0 Å². The van der Waals surface area contributed by atoms with Crippen molar-refractivity contribution in [2.45, 2.75) is 17.7 Å². The molecule has 15 heavy (non-hydrogen) atoms. The molecule has 4 heteroatoms. The maximum Gasteiger partial charge on any atom is 0.296 e. The van der Waals surface area contributed by atoms with Crippen molar-refractivity contribution in [2.75, 3.05) is 7.11 Å². The molecule has 0 heterocycles. The van der Waals surface area contributed by atoms with E-state index in [1.54, 1.807) is 12.1 Å². The molecule has 0 N–H and O–H groups in total. The predicted molar refractivity (Wildman–Crippen MR) is 57.9 cm³/mol. The first-order valence-corrected chi connectivity index (χ1v) is 5.79. The monoisotopic (exact) mass is 224 g/mol. The number of terminal acetylenes is 1. The molecule has 1 unspecified atom stereocenters. The van der Waals surface area contributed by atoms with Gasteiger partial charge in [0, 0.05) is 5.92 Å². The number of benzene rings is 1. The zero-order valence-electron chi connectivity index (χ0n) is 8.60. The number of hydrogen-bond acceptors (Lipinski definition) is 3. The summed E-state index contributed by atoms with van der Waals surface area (Å²) < 4.78 is 27.0. The van der Waals surface area contributed by atoms with Crippen LogP contribution in [0.2, 0.25) is 0 Å². The minimum absolute atomic E-state index is 0.0238. The van der Waals surface area contributed by atoms with E-state index in [0.717, 1.165) is 12.7 Å². The summed E-state index contributed by atoms with van der Waals surface area (Å²) in [5.41, 5.74) is 0.910. The molecule has 1 aromatic rings. The minimum Gasteiger partial charge on any atom is -0.270 e. The third kappa shape index (κ3) is 2.58. The molecule has 0 radical (unpaired) electrons. The maximum absolute atomic E-state index is 11.3. The highest BCUT2D eigenvalue weighted by atomic mass is 32.2. The molecular weight excluding hydrogens is 212 g/mol. The lowest BCUT2D eigenvalue weighted by Crippen LogP contribution is -2.02. The van der Waals surface area contributed by atoms with Crippen LogP contribution in [0, 0.1) is 12.3 Å². The van der Waals surface area contributed by atoms with Crippen molar-refractivity contribution >= 4 is 10.1 Å². The van der Waals surface area contributed by atoms with E-state index in [9.17, 15) is 8.42 Å². The van der Waals surface area contributed by atoms with Crippen LogP contribution in [0.1, 0.15) is 18.4 Å². The first-order chi connectivity index (χ1) is 7.01. The van der Waals surface area contributed by atoms with Crippen LogP contribution in [-0.4, -0.2) is 15.5 Å². The van der Waals surface area contributed by atoms with Gasteiger partial charge in [0.1, 0.15) is 0 Å². The Bertz CT molecular complexity index is 466. The average molecular weight is 224 g/mol. The summed E-state index contributed by atoms with van der Waals surface area (Å²) in [5.74, 6) is 2.55. The highest BCUT2D eigenvalue weighted by Crippen LogP contribution is 2.18. The molecule has 0 spiro atoms. The molecule has 0 fully saturated rings. The lowest BCUT2D eigenvalue weighted by atomic mass is 10.0. The summed E-state index contributed by atoms with van der Waals surface area (Å²) in [6.45, 7) is 1.87. The molecule has 1 atom stereocenters. The maximum atomic E-state index is 11.3. The van der Waals surface area contributed by atoms with E-state index in [-0.39, 0.29) is 10.8 Å². The molecular formula is C11H12O3S. The smallest absolute Gasteiger partial charge is 0.270 e. The van der Waals surface area contributed by atoms with Gasteiger partial charge in [0.25, 0.3) is 10.1 Å². The Morgan fingerprint density at radius 1 is 1.33 bits per heavy atom. The van der Waals surface area contributed by atoms with Crippen molar-refractivity contribution in [3.05, 3.63) is 29.8 Å². The molecule has 0 saturated carbocycles. The summed E-state index contributed by atoms with van der Waals surface area (Å²) in [7, 11) is -2.47. The minimum atomic E-state index is -3.60. The van der Waals surface area contributed by atoms with Gasteiger partial charge in [-0.2, -0.15) is 8.42 Å². The fraction of sp³-hybridized carbons (Fsp3) is 0.273. The van der Waals surface area contributed by atoms with E-state index in [1.165, 1.54) is 12.1 Å². The van der Waals surface area contributed by atoms with Crippen molar-refractivity contribution in [3.63, 3.8) is 0 Å². The molecule has 80 valence electrons. The van der Waals surface area contributed by atoms with E-state index in [1.807, 2.05) is 6.92 Å². The molecule has 0 aliphatic heterocycles. The van der Waals surface area contributed by atoms with E-state index < -0.39 is 10.1 Å². The Morgan fingerprint density at radius 3 is 2.27 bits per heavy atom. The summed E-state index contributed by atoms with van der Waals surface area (Å²) in [5, 5.41) is 0. The molecule has 1 aromatic carbocycles. The van der Waals surface area contributed by atoms with Gasteiger partial charge >= 0.3 is 0 Å². The van der Waals surface area contributed by atoms with Crippen LogP contribution in [-0.2, 0) is 14.3 Å². The molecule has 1 rings (SSSR count). The second-order valence-corrected chi connectivity index (χ2v) is 4.79. The van der Waals surface area contributed by atoms with Crippen LogP contribution in [0.25, 0.3) is 0 Å². The Balaban J connectivity index is 3.07. The summed E-state index contributed by atoms with van der Waals surface area (Å²) in [6, 6.07) is 6.36. The summed E-state index contributed by atoms with van der Waals surface area (Å²) in [6.07, 6.45) is 5.26. The third-order valence-corrected chi connectivity index (χ3v) is 3.43. The first kappa shape index (κ1) is 11.8. The zero-order valence-corrected chi connectivity index (χ0v) is 9.41. The molecule has 0 saturated heterocycles. The van der Waals surface area contributed by atoms with Crippen LogP contribution in [0.5, 0.6) is 0 Å². The number of rotatable bonds is 3. The highest BCUT2D eigenvalue weighted by molar-refractivity contribution is 7.86. The van der Waals surface area contributed by atoms with Crippen molar-refractivity contribution < 1.29 is 12.6 Å². The lowest BCUT2D eigenvalue weighted by molar-refractivity contribution is 0.398. The second kappa shape index (κ2) is 4.47. The van der Waals surface area contributed by atoms with Gasteiger partial charge in [0.15, 0.2) is 0 Å². The molecule has 0 aromatic heterocycles. The van der Waals surface area contributed by atoms with Gasteiger partial charge in [-0.3, -0.25) is 4.18 Å². The van der Waals surface area contributed by atoms with Crippen LogP contribution in [0.15, 0.2) is 29.2 Å². The fourth-order valence-electron chi connectivity index (χ4n) is 1.12. The van der Waals surface area contributed by atoms with Gasteiger partial charge in [-0.15, -0.1) is 6.42 Å². The normalized spacial score (nSPS) is 13.1. The number of hydrogen-bond donors (Lipinski definition) is 0. The first-order valence-electron chi connectivity index (χ1n) is 4.38. The van der Waals surface area contributed by atoms with E-state index in [4.69, 9.17) is 6.42 Å². The fourth-order valence-corrected chi connectivity index (χ4v) is 1.78. The van der Waals surface area contributed by atoms with Gasteiger partial charge in [0.05, 0.1) is 12.0 Å². The average Bonchev–Trinajstić information content (AvgIpc) is 2.28. The Labute approximate surface area is 90.2 Å². The molecule has 0 aliphatic rings. The zero-order chi connectivity index (χ0) is 11.5. The molecule has 3 nitrogen and oxygen atoms in total. The van der Waals surface area contributed by atoms with Crippen molar-refractivity contribution in [2.24, 2.45) is 0 Å².